The van der Waals surface area contributed by atoms with E-state index in [0.29, 0.717) is 17.8 Å². The summed E-state index contributed by atoms with van der Waals surface area (Å²) < 4.78 is 13.8. The Kier molecular flexibility index (Phi) is 5.03. The highest BCUT2D eigenvalue weighted by Crippen LogP contribution is 2.42. The summed E-state index contributed by atoms with van der Waals surface area (Å²) in [6.07, 6.45) is 6.32. The third-order valence-corrected chi connectivity index (χ3v) is 6.62. The van der Waals surface area contributed by atoms with Crippen molar-refractivity contribution in [1.82, 2.24) is 20.2 Å². The van der Waals surface area contributed by atoms with Gasteiger partial charge in [0.05, 0.1) is 5.52 Å². The molecule has 0 aliphatic heterocycles. The number of nitrogens with zero attached hydrogens (tertiary/aromatic N) is 3. The van der Waals surface area contributed by atoms with Crippen LogP contribution in [0, 0.1) is 11.7 Å². The highest BCUT2D eigenvalue weighted by molar-refractivity contribution is 5.82. The van der Waals surface area contributed by atoms with Crippen LogP contribution in [0.1, 0.15) is 55.8 Å². The molecule has 0 bridgehead atoms. The third kappa shape index (κ3) is 3.60. The summed E-state index contributed by atoms with van der Waals surface area (Å²) in [5.74, 6) is 2.89. The van der Waals surface area contributed by atoms with Crippen LogP contribution in [0.3, 0.4) is 0 Å². The normalized spacial score (nSPS) is 20.3. The van der Waals surface area contributed by atoms with E-state index < -0.39 is 0 Å². The minimum absolute atomic E-state index is 0.196. The molecule has 152 valence electrons. The standard InChI is InChI=1S/C25H25FN4/c1-16(24-28-25(30-29-24)19-5-3-2-4-6-19)17-7-9-18(10-8-17)21-13-14-27-23-12-11-20(26)15-22(21)23/h2-6,11-18H,7-10H2,1H3,(H,28,29,30). The Morgan fingerprint density at radius 3 is 2.60 bits per heavy atom. The molecule has 4 aromatic rings. The summed E-state index contributed by atoms with van der Waals surface area (Å²) in [7, 11) is 0. The molecule has 1 fully saturated rings. The van der Waals surface area contributed by atoms with Gasteiger partial charge < -0.3 is 0 Å². The number of pyridine rings is 1. The van der Waals surface area contributed by atoms with Crippen LogP contribution in [0.2, 0.25) is 0 Å². The highest BCUT2D eigenvalue weighted by atomic mass is 19.1. The molecular weight excluding hydrogens is 375 g/mol. The molecule has 1 unspecified atom stereocenters. The SMILES string of the molecule is CC(c1nc(-c2ccccc2)n[nH]1)C1CCC(c2ccnc3ccc(F)cc23)CC1. The van der Waals surface area contributed by atoms with E-state index in [0.717, 1.165) is 53.8 Å². The van der Waals surface area contributed by atoms with E-state index >= 15 is 0 Å². The first-order valence-corrected chi connectivity index (χ1v) is 10.7. The Bertz CT molecular complexity index is 1150. The molecule has 1 aliphatic rings. The lowest BCUT2D eigenvalue weighted by Crippen LogP contribution is -2.19. The Labute approximate surface area is 175 Å². The van der Waals surface area contributed by atoms with E-state index in [9.17, 15) is 4.39 Å². The molecule has 5 heteroatoms. The molecule has 1 saturated carbocycles. The number of benzene rings is 2. The largest absolute Gasteiger partial charge is 0.262 e. The molecule has 1 aliphatic carbocycles. The predicted octanol–water partition coefficient (Wildman–Crippen LogP) is 6.24. The molecule has 1 N–H and O–H groups in total. The fraction of sp³-hybridized carbons (Fsp3) is 0.320. The summed E-state index contributed by atoms with van der Waals surface area (Å²) in [6.45, 7) is 2.25. The maximum absolute atomic E-state index is 13.8. The van der Waals surface area contributed by atoms with E-state index in [4.69, 9.17) is 4.98 Å². The maximum atomic E-state index is 13.8. The van der Waals surface area contributed by atoms with Crippen LogP contribution in [-0.2, 0) is 0 Å². The second kappa shape index (κ2) is 7.98. The number of nitrogens with one attached hydrogen (secondary N) is 1. The van der Waals surface area contributed by atoms with Crippen LogP contribution in [0.15, 0.2) is 60.8 Å². The number of H-pyrrole nitrogens is 1. The van der Waals surface area contributed by atoms with Gasteiger partial charge in [0.2, 0.25) is 0 Å². The minimum Gasteiger partial charge on any atom is -0.262 e. The summed E-state index contributed by atoms with van der Waals surface area (Å²) in [5, 5.41) is 8.55. The fourth-order valence-corrected chi connectivity index (χ4v) is 4.84. The number of rotatable bonds is 4. The lowest BCUT2D eigenvalue weighted by Gasteiger charge is -2.32. The van der Waals surface area contributed by atoms with Crippen molar-refractivity contribution in [3.8, 4) is 11.4 Å². The Balaban J connectivity index is 1.30. The zero-order chi connectivity index (χ0) is 20.5. The lowest BCUT2D eigenvalue weighted by molar-refractivity contribution is 0.286. The predicted molar refractivity (Wildman–Crippen MR) is 117 cm³/mol. The van der Waals surface area contributed by atoms with Crippen LogP contribution in [0.4, 0.5) is 4.39 Å². The van der Waals surface area contributed by atoms with Crippen LogP contribution in [0.25, 0.3) is 22.3 Å². The highest BCUT2D eigenvalue weighted by Gasteiger charge is 2.29. The van der Waals surface area contributed by atoms with Gasteiger partial charge in [-0.2, -0.15) is 5.10 Å². The van der Waals surface area contributed by atoms with E-state index in [2.05, 4.69) is 28.2 Å². The van der Waals surface area contributed by atoms with Gasteiger partial charge in [0.1, 0.15) is 11.6 Å². The van der Waals surface area contributed by atoms with Crippen molar-refractivity contribution in [2.75, 3.05) is 0 Å². The number of aromatic amines is 1. The van der Waals surface area contributed by atoms with Crippen molar-refractivity contribution in [2.45, 2.75) is 44.4 Å². The van der Waals surface area contributed by atoms with E-state index in [1.165, 1.54) is 11.6 Å². The minimum atomic E-state index is -0.196. The van der Waals surface area contributed by atoms with Crippen molar-refractivity contribution >= 4 is 10.9 Å². The second-order valence-corrected chi connectivity index (χ2v) is 8.37. The number of halogens is 1. The van der Waals surface area contributed by atoms with Crippen LogP contribution in [0.5, 0.6) is 0 Å². The number of aromatic nitrogens is 4. The van der Waals surface area contributed by atoms with Gasteiger partial charge in [-0.05, 0) is 67.3 Å². The maximum Gasteiger partial charge on any atom is 0.181 e. The Morgan fingerprint density at radius 1 is 1.00 bits per heavy atom. The average molecular weight is 401 g/mol. The lowest BCUT2D eigenvalue weighted by atomic mass is 9.73. The van der Waals surface area contributed by atoms with Gasteiger partial charge in [0.15, 0.2) is 5.82 Å². The van der Waals surface area contributed by atoms with E-state index in [1.807, 2.05) is 36.5 Å². The molecule has 2 aromatic carbocycles. The molecule has 4 nitrogen and oxygen atoms in total. The number of hydrogen-bond acceptors (Lipinski definition) is 3. The summed E-state index contributed by atoms with van der Waals surface area (Å²) in [6, 6.07) is 17.0. The zero-order valence-corrected chi connectivity index (χ0v) is 17.1. The number of fused-ring (bicyclic) bond motifs is 1. The molecule has 0 spiro atoms. The monoisotopic (exact) mass is 400 g/mol. The van der Waals surface area contributed by atoms with Gasteiger partial charge in [-0.1, -0.05) is 37.3 Å². The van der Waals surface area contributed by atoms with Crippen molar-refractivity contribution in [3.05, 3.63) is 78.0 Å². The van der Waals surface area contributed by atoms with Gasteiger partial charge in [0.25, 0.3) is 0 Å². The van der Waals surface area contributed by atoms with Crippen molar-refractivity contribution in [1.29, 1.82) is 0 Å². The average Bonchev–Trinajstić information content (AvgIpc) is 3.29. The molecule has 2 aromatic heterocycles. The zero-order valence-electron chi connectivity index (χ0n) is 17.1. The Hall–Kier alpha value is -3.08. The van der Waals surface area contributed by atoms with Gasteiger partial charge >= 0.3 is 0 Å². The topological polar surface area (TPSA) is 54.5 Å². The third-order valence-electron chi connectivity index (χ3n) is 6.62. The van der Waals surface area contributed by atoms with Crippen LogP contribution < -0.4 is 0 Å². The van der Waals surface area contributed by atoms with E-state index in [1.54, 1.807) is 12.1 Å². The van der Waals surface area contributed by atoms with Gasteiger partial charge in [-0.25, -0.2) is 9.37 Å². The fourth-order valence-electron chi connectivity index (χ4n) is 4.84. The summed E-state index contributed by atoms with van der Waals surface area (Å²) in [4.78, 5) is 9.17. The van der Waals surface area contributed by atoms with Crippen LogP contribution in [-0.4, -0.2) is 20.2 Å². The van der Waals surface area contributed by atoms with Crippen molar-refractivity contribution in [2.24, 2.45) is 5.92 Å². The first kappa shape index (κ1) is 18.9. The molecule has 1 atom stereocenters. The molecule has 0 amide bonds. The van der Waals surface area contributed by atoms with E-state index in [-0.39, 0.29) is 5.82 Å². The van der Waals surface area contributed by atoms with Gasteiger partial charge in [-0.3, -0.25) is 10.1 Å². The van der Waals surface area contributed by atoms with Crippen molar-refractivity contribution in [3.63, 3.8) is 0 Å². The molecule has 2 heterocycles. The summed E-state index contributed by atoms with van der Waals surface area (Å²) in [5.41, 5.74) is 3.14. The molecule has 30 heavy (non-hydrogen) atoms. The van der Waals surface area contributed by atoms with Gasteiger partial charge in [-0.15, -0.1) is 0 Å². The van der Waals surface area contributed by atoms with Crippen LogP contribution >= 0.6 is 0 Å². The first-order chi connectivity index (χ1) is 14.7. The molecular formula is C25H25FN4. The molecule has 0 radical (unpaired) electrons. The number of hydrogen-bond donors (Lipinski definition) is 1. The second-order valence-electron chi connectivity index (χ2n) is 8.37. The quantitative estimate of drug-likeness (QED) is 0.441. The first-order valence-electron chi connectivity index (χ1n) is 10.7. The van der Waals surface area contributed by atoms with Crippen molar-refractivity contribution < 1.29 is 4.39 Å². The van der Waals surface area contributed by atoms with Gasteiger partial charge in [0, 0.05) is 23.1 Å². The summed E-state index contributed by atoms with van der Waals surface area (Å²) >= 11 is 0. The molecule has 5 rings (SSSR count). The molecule has 0 saturated heterocycles. The smallest absolute Gasteiger partial charge is 0.181 e. The Morgan fingerprint density at radius 2 is 1.80 bits per heavy atom.